The summed E-state index contributed by atoms with van der Waals surface area (Å²) >= 11 is 0. The Bertz CT molecular complexity index is 1320. The molecule has 2 aromatic rings. The van der Waals surface area contributed by atoms with Gasteiger partial charge in [-0.15, -0.1) is 0 Å². The molecule has 0 radical (unpaired) electrons. The number of likely N-dealkylation sites (tertiary alicyclic amines) is 1. The molecule has 3 rings (SSSR count). The van der Waals surface area contributed by atoms with Gasteiger partial charge in [0.2, 0.25) is 11.8 Å². The summed E-state index contributed by atoms with van der Waals surface area (Å²) in [6.07, 6.45) is -0.341. The van der Waals surface area contributed by atoms with E-state index in [1.807, 2.05) is 60.7 Å². The van der Waals surface area contributed by atoms with Gasteiger partial charge in [0, 0.05) is 6.54 Å². The van der Waals surface area contributed by atoms with Gasteiger partial charge in [0.15, 0.2) is 8.32 Å². The predicted octanol–water partition coefficient (Wildman–Crippen LogP) is 5.71. The Morgan fingerprint density at radius 3 is 2.04 bits per heavy atom. The number of hydrogen-bond acceptors (Lipinski definition) is 7. The number of amides is 3. The normalized spacial score (nSPS) is 17.6. The van der Waals surface area contributed by atoms with Crippen LogP contribution in [-0.4, -0.2) is 67.4 Å². The Hall–Kier alpha value is -3.70. The molecule has 0 bridgehead atoms. The van der Waals surface area contributed by atoms with E-state index in [0.29, 0.717) is 19.4 Å². The number of carbonyl (C=O) groups excluding carboxylic acids is 4. The number of nitrogens with one attached hydrogen (secondary N) is 2. The van der Waals surface area contributed by atoms with Crippen LogP contribution in [0.2, 0.25) is 18.1 Å². The average Bonchev–Trinajstić information content (AvgIpc) is 3.41. The summed E-state index contributed by atoms with van der Waals surface area (Å²) in [6, 6.07) is 16.1. The van der Waals surface area contributed by atoms with Crippen molar-refractivity contribution in [3.05, 3.63) is 71.8 Å². The van der Waals surface area contributed by atoms with E-state index in [9.17, 15) is 19.2 Å². The minimum absolute atomic E-state index is 0.0181. The Morgan fingerprint density at radius 2 is 1.48 bits per heavy atom. The number of hydrogen-bond donors (Lipinski definition) is 2. The Labute approximate surface area is 274 Å². The molecular formula is C35H51N3O7Si. The van der Waals surface area contributed by atoms with Crippen molar-refractivity contribution in [1.29, 1.82) is 0 Å². The van der Waals surface area contributed by atoms with Gasteiger partial charge < -0.3 is 29.4 Å². The summed E-state index contributed by atoms with van der Waals surface area (Å²) < 4.78 is 17.4. The fourth-order valence-electron chi connectivity index (χ4n) is 4.85. The molecule has 0 aromatic heterocycles. The van der Waals surface area contributed by atoms with Crippen LogP contribution < -0.4 is 10.6 Å². The molecule has 3 atom stereocenters. The van der Waals surface area contributed by atoms with E-state index in [2.05, 4.69) is 44.5 Å². The Balaban J connectivity index is 1.87. The number of rotatable bonds is 12. The molecule has 46 heavy (non-hydrogen) atoms. The van der Waals surface area contributed by atoms with Crippen LogP contribution in [0.4, 0.5) is 4.79 Å². The van der Waals surface area contributed by atoms with E-state index < -0.39 is 56.4 Å². The number of carbonyl (C=O) groups is 4. The van der Waals surface area contributed by atoms with Crippen LogP contribution in [-0.2, 0) is 41.4 Å². The topological polar surface area (TPSA) is 123 Å². The zero-order valence-corrected chi connectivity index (χ0v) is 29.6. The Kier molecular flexibility index (Phi) is 12.6. The van der Waals surface area contributed by atoms with E-state index in [4.69, 9.17) is 13.9 Å². The van der Waals surface area contributed by atoms with Crippen molar-refractivity contribution in [3.8, 4) is 0 Å². The maximum Gasteiger partial charge on any atom is 0.408 e. The molecule has 0 spiro atoms. The molecule has 10 nitrogen and oxygen atoms in total. The molecule has 1 heterocycles. The first-order valence-corrected chi connectivity index (χ1v) is 18.8. The van der Waals surface area contributed by atoms with Crippen molar-refractivity contribution in [1.82, 2.24) is 15.5 Å². The summed E-state index contributed by atoms with van der Waals surface area (Å²) in [5.74, 6) is -1.55. The summed E-state index contributed by atoms with van der Waals surface area (Å²) in [7, 11) is -2.20. The quantitative estimate of drug-likeness (QED) is 0.222. The third-order valence-corrected chi connectivity index (χ3v) is 12.9. The van der Waals surface area contributed by atoms with Crippen molar-refractivity contribution < 1.29 is 33.1 Å². The maximum atomic E-state index is 14.4. The van der Waals surface area contributed by atoms with Gasteiger partial charge in [0.1, 0.15) is 24.3 Å². The van der Waals surface area contributed by atoms with Crippen LogP contribution in [0.25, 0.3) is 0 Å². The fraction of sp³-hybridized carbons (Fsp3) is 0.543. The molecule has 252 valence electrons. The van der Waals surface area contributed by atoms with E-state index in [1.165, 1.54) is 4.90 Å². The molecule has 11 heteroatoms. The fourth-order valence-corrected chi connectivity index (χ4v) is 5.90. The van der Waals surface area contributed by atoms with Gasteiger partial charge in [0.05, 0.1) is 19.1 Å². The number of alkyl carbamates (subject to hydrolysis) is 1. The monoisotopic (exact) mass is 653 g/mol. The highest BCUT2D eigenvalue weighted by Crippen LogP contribution is 2.37. The summed E-state index contributed by atoms with van der Waals surface area (Å²) in [6.45, 7) is 16.4. The lowest BCUT2D eigenvalue weighted by Crippen LogP contribution is -2.58. The lowest BCUT2D eigenvalue weighted by molar-refractivity contribution is -0.150. The summed E-state index contributed by atoms with van der Waals surface area (Å²) in [4.78, 5) is 55.5. The van der Waals surface area contributed by atoms with E-state index >= 15 is 0 Å². The largest absolute Gasteiger partial charge is 0.461 e. The van der Waals surface area contributed by atoms with Crippen LogP contribution in [0.3, 0.4) is 0 Å². The van der Waals surface area contributed by atoms with Gasteiger partial charge in [-0.05, 0) is 62.9 Å². The third kappa shape index (κ3) is 11.0. The van der Waals surface area contributed by atoms with Crippen LogP contribution in [0.5, 0.6) is 0 Å². The van der Waals surface area contributed by atoms with E-state index in [0.717, 1.165) is 11.1 Å². The lowest BCUT2D eigenvalue weighted by atomic mass is 10.1. The standard InChI is InChI=1S/C35H51N3O7Si/c1-34(2,3)45-33(42)37-28(21-30(39)43-23-26-17-13-10-14-18-26)32(41)38-27(24-44-46(7,8)35(4,5)6)19-20-29(38)31(40)36-22-25-15-11-9-12-16-25/h9-18,27-29H,19-24H2,1-8H3,(H,36,40)(H,37,42)/t27-,28+,29-/m1/s1. The number of ether oxygens (including phenoxy) is 2. The molecule has 2 aromatic carbocycles. The average molecular weight is 654 g/mol. The highest BCUT2D eigenvalue weighted by Gasteiger charge is 2.46. The molecule has 0 aliphatic carbocycles. The SMILES string of the molecule is CC(C)(C)OC(=O)N[C@@H](CC(=O)OCc1ccccc1)C(=O)N1[C@@H](CO[Si](C)(C)C(C)(C)C)CC[C@@H]1C(=O)NCc1ccccc1. The Morgan fingerprint density at radius 1 is 0.891 bits per heavy atom. The number of benzene rings is 2. The second-order valence-corrected chi connectivity index (χ2v) is 19.1. The first-order chi connectivity index (χ1) is 21.5. The predicted molar refractivity (Wildman–Crippen MR) is 179 cm³/mol. The van der Waals surface area contributed by atoms with Crippen LogP contribution in [0.15, 0.2) is 60.7 Å². The highest BCUT2D eigenvalue weighted by molar-refractivity contribution is 6.74. The van der Waals surface area contributed by atoms with E-state index in [1.54, 1.807) is 20.8 Å². The molecule has 2 N–H and O–H groups in total. The van der Waals surface area contributed by atoms with Gasteiger partial charge in [-0.1, -0.05) is 81.4 Å². The molecule has 1 aliphatic heterocycles. The zero-order chi connectivity index (χ0) is 34.1. The first-order valence-electron chi connectivity index (χ1n) is 15.9. The maximum absolute atomic E-state index is 14.4. The second kappa shape index (κ2) is 15.7. The smallest absolute Gasteiger partial charge is 0.408 e. The summed E-state index contributed by atoms with van der Waals surface area (Å²) in [5.41, 5.74) is 0.880. The van der Waals surface area contributed by atoms with E-state index in [-0.39, 0.29) is 24.2 Å². The van der Waals surface area contributed by atoms with Crippen molar-refractivity contribution in [2.75, 3.05) is 6.61 Å². The van der Waals surface area contributed by atoms with Crippen LogP contribution in [0.1, 0.15) is 71.9 Å². The number of esters is 1. The molecule has 1 fully saturated rings. The van der Waals surface area contributed by atoms with Crippen molar-refractivity contribution in [2.45, 2.75) is 116 Å². The van der Waals surface area contributed by atoms with Gasteiger partial charge in [-0.3, -0.25) is 14.4 Å². The van der Waals surface area contributed by atoms with Gasteiger partial charge in [0.25, 0.3) is 0 Å². The van der Waals surface area contributed by atoms with Crippen molar-refractivity contribution in [3.63, 3.8) is 0 Å². The molecule has 0 unspecified atom stereocenters. The van der Waals surface area contributed by atoms with Crippen molar-refractivity contribution in [2.24, 2.45) is 0 Å². The van der Waals surface area contributed by atoms with Crippen molar-refractivity contribution >= 4 is 32.2 Å². The molecule has 1 aliphatic rings. The third-order valence-electron chi connectivity index (χ3n) is 8.41. The second-order valence-electron chi connectivity index (χ2n) is 14.3. The lowest BCUT2D eigenvalue weighted by Gasteiger charge is -2.39. The van der Waals surface area contributed by atoms with Gasteiger partial charge in [-0.25, -0.2) is 4.79 Å². The molecular weight excluding hydrogens is 602 g/mol. The molecule has 3 amide bonds. The minimum Gasteiger partial charge on any atom is -0.461 e. The van der Waals surface area contributed by atoms with Crippen LogP contribution in [0, 0.1) is 0 Å². The summed E-state index contributed by atoms with van der Waals surface area (Å²) in [5, 5.41) is 5.50. The minimum atomic E-state index is -2.20. The highest BCUT2D eigenvalue weighted by atomic mass is 28.4. The molecule has 1 saturated heterocycles. The number of nitrogens with zero attached hydrogens (tertiary/aromatic N) is 1. The zero-order valence-electron chi connectivity index (χ0n) is 28.6. The van der Waals surface area contributed by atoms with Crippen LogP contribution >= 0.6 is 0 Å². The first kappa shape index (κ1) is 36.8. The van der Waals surface area contributed by atoms with Gasteiger partial charge >= 0.3 is 12.1 Å². The van der Waals surface area contributed by atoms with Gasteiger partial charge in [-0.2, -0.15) is 0 Å². The molecule has 0 saturated carbocycles.